The Balaban J connectivity index is 1.46. The molecule has 7 nitrogen and oxygen atoms in total. The number of nitrogens with one attached hydrogen (secondary N) is 1. The Bertz CT molecular complexity index is 1790. The van der Waals surface area contributed by atoms with Crippen LogP contribution in [0.4, 0.5) is 0 Å². The van der Waals surface area contributed by atoms with Gasteiger partial charge < -0.3 is 9.84 Å². The second-order valence-corrected chi connectivity index (χ2v) is 12.0. The molecule has 1 aliphatic heterocycles. The van der Waals surface area contributed by atoms with Crippen LogP contribution < -0.4 is 10.1 Å². The van der Waals surface area contributed by atoms with Gasteiger partial charge in [0.1, 0.15) is 0 Å². The summed E-state index contributed by atoms with van der Waals surface area (Å²) in [5, 5.41) is 12.7. The molecule has 2 N–H and O–H groups in total. The van der Waals surface area contributed by atoms with Crippen LogP contribution in [0.2, 0.25) is 0 Å². The van der Waals surface area contributed by atoms with Crippen molar-refractivity contribution in [1.29, 1.82) is 0 Å². The van der Waals surface area contributed by atoms with Crippen molar-refractivity contribution in [2.45, 2.75) is 18.3 Å². The number of fused-ring (bicyclic) bond motifs is 4. The number of hydrogen-bond donors (Lipinski definition) is 2. The van der Waals surface area contributed by atoms with Gasteiger partial charge in [-0.05, 0) is 53.7 Å². The van der Waals surface area contributed by atoms with Gasteiger partial charge in [0.05, 0.1) is 24.4 Å². The number of carbonyl (C=O) groups excluding carboxylic acids is 4. The van der Waals surface area contributed by atoms with Gasteiger partial charge in [-0.3, -0.25) is 24.5 Å². The normalized spacial score (nSPS) is 29.3. The molecule has 1 saturated heterocycles. The molecule has 2 fully saturated rings. The third kappa shape index (κ3) is 4.10. The topological polar surface area (TPSA) is 110 Å². The quantitative estimate of drug-likeness (QED) is 0.320. The highest BCUT2D eigenvalue weighted by molar-refractivity contribution is 6.31. The first-order valence-corrected chi connectivity index (χ1v) is 14.9. The molecule has 1 heterocycles. The molecule has 0 aromatic heterocycles. The van der Waals surface area contributed by atoms with E-state index in [-0.39, 0.29) is 35.6 Å². The summed E-state index contributed by atoms with van der Waals surface area (Å²) in [7, 11) is 1.48. The maximum Gasteiger partial charge on any atom is 0.231 e. The van der Waals surface area contributed by atoms with Crippen molar-refractivity contribution in [3.63, 3.8) is 0 Å². The number of rotatable bonds is 5. The summed E-state index contributed by atoms with van der Waals surface area (Å²) in [4.78, 5) is 55.4. The van der Waals surface area contributed by atoms with Crippen LogP contribution in [0.5, 0.6) is 11.5 Å². The number of phenolic OH excluding ortho intramolecular Hbond substituents is 1. The zero-order valence-corrected chi connectivity index (χ0v) is 24.1. The summed E-state index contributed by atoms with van der Waals surface area (Å²) < 4.78 is 5.31. The lowest BCUT2D eigenvalue weighted by atomic mass is 9.45. The Labute approximate surface area is 254 Å². The second-order valence-electron chi connectivity index (χ2n) is 12.0. The van der Waals surface area contributed by atoms with E-state index in [9.17, 15) is 24.3 Å². The van der Waals surface area contributed by atoms with Gasteiger partial charge in [0.2, 0.25) is 11.8 Å². The predicted molar refractivity (Wildman–Crippen MR) is 164 cm³/mol. The molecule has 3 aromatic rings. The molecule has 0 radical (unpaired) electrons. The van der Waals surface area contributed by atoms with E-state index >= 15 is 0 Å². The number of amides is 2. The Hall–Kier alpha value is -5.04. The van der Waals surface area contributed by atoms with Crippen molar-refractivity contribution in [2.75, 3.05) is 7.11 Å². The molecule has 2 amide bonds. The fourth-order valence-electron chi connectivity index (χ4n) is 8.04. The van der Waals surface area contributed by atoms with Gasteiger partial charge >= 0.3 is 0 Å². The highest BCUT2D eigenvalue weighted by Gasteiger charge is 2.64. The van der Waals surface area contributed by atoms with E-state index in [0.29, 0.717) is 23.3 Å². The number of hydrogen-bond acceptors (Lipinski definition) is 6. The average Bonchev–Trinajstić information content (AvgIpc) is 3.35. The fourth-order valence-corrected chi connectivity index (χ4v) is 8.04. The van der Waals surface area contributed by atoms with Crippen molar-refractivity contribution < 1.29 is 29.0 Å². The Morgan fingerprint density at radius 3 is 2.36 bits per heavy atom. The fraction of sp³-hybridized carbons (Fsp3) is 0.243. The number of aromatic hydroxyl groups is 1. The number of benzene rings is 3. The Morgan fingerprint density at radius 1 is 0.909 bits per heavy atom. The highest BCUT2D eigenvalue weighted by atomic mass is 16.5. The number of methoxy groups -OCH3 is 1. The lowest BCUT2D eigenvalue weighted by Gasteiger charge is -2.54. The van der Waals surface area contributed by atoms with Crippen LogP contribution in [0.3, 0.4) is 0 Å². The summed E-state index contributed by atoms with van der Waals surface area (Å²) in [6.45, 7) is 0. The zero-order valence-electron chi connectivity index (χ0n) is 24.1. The first kappa shape index (κ1) is 27.8. The van der Waals surface area contributed by atoms with Crippen molar-refractivity contribution in [3.05, 3.63) is 119 Å². The van der Waals surface area contributed by atoms with Crippen LogP contribution in [-0.4, -0.2) is 35.6 Å². The number of phenols is 1. The first-order valence-electron chi connectivity index (χ1n) is 14.9. The summed E-state index contributed by atoms with van der Waals surface area (Å²) in [6, 6.07) is 23.6. The summed E-state index contributed by atoms with van der Waals surface area (Å²) in [5.74, 6) is -3.44. The highest BCUT2D eigenvalue weighted by Crippen LogP contribution is 2.60. The summed E-state index contributed by atoms with van der Waals surface area (Å²) in [6.07, 6.45) is 8.00. The van der Waals surface area contributed by atoms with Crippen LogP contribution in [0, 0.1) is 29.6 Å². The molecule has 220 valence electrons. The van der Waals surface area contributed by atoms with Crippen molar-refractivity contribution >= 4 is 35.0 Å². The molecule has 7 heteroatoms. The summed E-state index contributed by atoms with van der Waals surface area (Å²) in [5.41, 5.74) is 2.15. The average molecular weight is 586 g/mol. The molecule has 4 aliphatic rings. The minimum atomic E-state index is -1.26. The number of carbonyl (C=O) groups is 4. The molecule has 0 spiro atoms. The van der Waals surface area contributed by atoms with Crippen molar-refractivity contribution in [2.24, 2.45) is 29.6 Å². The standard InChI is InChI=1S/C37H31NO6/c1-44-31-18-21(13-17-30(31)39)12-16-28-24-14-15-25-33(36(43)38-35(25)42)27(24)19-29-34(41)26(22-8-4-2-5-9-22)20-32(40)37(28,29)23-10-6-3-7-11-23/h2-14,16-18,20,25,27-29,33,39H,15,19H2,1H3,(H,38,42,43)/t25-,27+,28-,29-,33-,37-/m0/s1. The number of ether oxygens (including phenoxy) is 1. The maximum atomic E-state index is 14.8. The SMILES string of the molecule is COc1cc(C=C[C@H]2C3=CC[C@@H]4C(=O)NC(=O)[C@@H]4[C@@H]3C[C@H]3C(=O)C(c4ccccc4)=CC(=O)[C@@]23c2ccccc2)ccc1O. The Kier molecular flexibility index (Phi) is 6.69. The molecule has 1 saturated carbocycles. The van der Waals surface area contributed by atoms with Crippen LogP contribution in [0.15, 0.2) is 103 Å². The molecule has 3 aliphatic carbocycles. The van der Waals surface area contributed by atoms with Crippen LogP contribution in [0.1, 0.15) is 29.5 Å². The van der Waals surface area contributed by atoms with Crippen LogP contribution >= 0.6 is 0 Å². The molecule has 7 rings (SSSR count). The van der Waals surface area contributed by atoms with E-state index in [0.717, 1.165) is 16.7 Å². The lowest BCUT2D eigenvalue weighted by Crippen LogP contribution is -2.59. The third-order valence-electron chi connectivity index (χ3n) is 9.96. The van der Waals surface area contributed by atoms with Crippen LogP contribution in [0.25, 0.3) is 11.6 Å². The molecule has 44 heavy (non-hydrogen) atoms. The molecule has 0 unspecified atom stereocenters. The second kappa shape index (κ2) is 10.6. The number of imide groups is 1. The number of ketones is 2. The van der Waals surface area contributed by atoms with Gasteiger partial charge in [-0.15, -0.1) is 0 Å². The molecule has 0 bridgehead atoms. The monoisotopic (exact) mass is 585 g/mol. The van der Waals surface area contributed by atoms with Gasteiger partial charge in [0.15, 0.2) is 23.1 Å². The van der Waals surface area contributed by atoms with Gasteiger partial charge in [0, 0.05) is 17.4 Å². The minimum Gasteiger partial charge on any atom is -0.504 e. The van der Waals surface area contributed by atoms with E-state index in [2.05, 4.69) is 5.32 Å². The van der Waals surface area contributed by atoms with Gasteiger partial charge in [-0.1, -0.05) is 90.5 Å². The summed E-state index contributed by atoms with van der Waals surface area (Å²) >= 11 is 0. The van der Waals surface area contributed by atoms with E-state index in [1.54, 1.807) is 18.2 Å². The van der Waals surface area contributed by atoms with E-state index in [1.807, 2.05) is 78.9 Å². The maximum absolute atomic E-state index is 14.8. The molecular weight excluding hydrogens is 554 g/mol. The van der Waals surface area contributed by atoms with Gasteiger partial charge in [-0.2, -0.15) is 0 Å². The number of Topliss-reactive ketones (excluding diaryl/α,β-unsaturated/α-hetero) is 1. The van der Waals surface area contributed by atoms with E-state index in [1.165, 1.54) is 13.2 Å². The number of allylic oxidation sites excluding steroid dienone is 5. The van der Waals surface area contributed by atoms with E-state index in [4.69, 9.17) is 4.74 Å². The van der Waals surface area contributed by atoms with E-state index < -0.39 is 35.0 Å². The zero-order chi connectivity index (χ0) is 30.6. The van der Waals surface area contributed by atoms with Crippen molar-refractivity contribution in [1.82, 2.24) is 5.32 Å². The smallest absolute Gasteiger partial charge is 0.231 e. The van der Waals surface area contributed by atoms with Gasteiger partial charge in [0.25, 0.3) is 0 Å². The molecule has 6 atom stereocenters. The minimum absolute atomic E-state index is 0.00720. The van der Waals surface area contributed by atoms with Crippen molar-refractivity contribution in [3.8, 4) is 11.5 Å². The Morgan fingerprint density at radius 2 is 1.64 bits per heavy atom. The van der Waals surface area contributed by atoms with Gasteiger partial charge in [-0.25, -0.2) is 0 Å². The predicted octanol–water partition coefficient (Wildman–Crippen LogP) is 5.06. The first-order chi connectivity index (χ1) is 21.3. The molecule has 3 aromatic carbocycles. The third-order valence-corrected chi connectivity index (χ3v) is 9.96. The van der Waals surface area contributed by atoms with Crippen LogP contribution in [-0.2, 0) is 24.6 Å². The lowest BCUT2D eigenvalue weighted by molar-refractivity contribution is -0.135. The molecular formula is C37H31NO6. The largest absolute Gasteiger partial charge is 0.504 e.